The molecule has 0 aliphatic rings. The van der Waals surface area contributed by atoms with Crippen LogP contribution >= 0.6 is 22.9 Å². The number of hydrogen-bond acceptors (Lipinski definition) is 6. The zero-order valence-corrected chi connectivity index (χ0v) is 16.2. The molecular formula is C18H15ClN4O4S. The second-order valence-corrected chi connectivity index (χ2v) is 6.70. The van der Waals surface area contributed by atoms with E-state index in [0.29, 0.717) is 16.2 Å². The van der Waals surface area contributed by atoms with Crippen molar-refractivity contribution in [2.24, 2.45) is 0 Å². The van der Waals surface area contributed by atoms with Crippen LogP contribution in [0.4, 0.5) is 4.79 Å². The molecule has 2 N–H and O–H groups in total. The third-order valence-electron chi connectivity index (χ3n) is 3.67. The van der Waals surface area contributed by atoms with Crippen LogP contribution in [0.15, 0.2) is 48.0 Å². The molecule has 10 heteroatoms. The minimum Gasteiger partial charge on any atom is -0.444 e. The number of aromatic nitrogens is 2. The van der Waals surface area contributed by atoms with Gasteiger partial charge < -0.3 is 10.1 Å². The summed E-state index contributed by atoms with van der Waals surface area (Å²) in [5, 5.41) is 6.46. The summed E-state index contributed by atoms with van der Waals surface area (Å²) in [6, 6.07) is 7.68. The molecule has 0 bridgehead atoms. The minimum atomic E-state index is -1.29. The Morgan fingerprint density at radius 3 is 2.75 bits per heavy atom. The molecule has 3 rings (SSSR count). The maximum atomic E-state index is 12.4. The van der Waals surface area contributed by atoms with Crippen molar-refractivity contribution in [3.63, 3.8) is 0 Å². The number of amides is 3. The lowest BCUT2D eigenvalue weighted by Gasteiger charge is -2.16. The zero-order chi connectivity index (χ0) is 20.1. The van der Waals surface area contributed by atoms with Gasteiger partial charge in [0.25, 0.3) is 5.91 Å². The summed E-state index contributed by atoms with van der Waals surface area (Å²) in [7, 11) is 1.37. The van der Waals surface area contributed by atoms with Gasteiger partial charge in [0.2, 0.25) is 6.10 Å². The summed E-state index contributed by atoms with van der Waals surface area (Å²) in [4.78, 5) is 41.0. The third kappa shape index (κ3) is 4.38. The van der Waals surface area contributed by atoms with Gasteiger partial charge in [-0.25, -0.2) is 14.6 Å². The second kappa shape index (κ2) is 8.68. The number of benzene rings is 1. The Morgan fingerprint density at radius 1 is 1.29 bits per heavy atom. The molecule has 0 aliphatic carbocycles. The van der Waals surface area contributed by atoms with E-state index in [1.54, 1.807) is 40.9 Å². The Balaban J connectivity index is 1.79. The first kappa shape index (κ1) is 19.6. The van der Waals surface area contributed by atoms with Gasteiger partial charge in [-0.15, -0.1) is 11.3 Å². The van der Waals surface area contributed by atoms with Crippen molar-refractivity contribution in [1.29, 1.82) is 0 Å². The standard InChI is InChI=1S/C18H15ClN4O4S/c1-20-17(26)22-16(25)14(11-5-3-2-4-6-11)27-13(24)8-7-12-15(19)21-18-23(12)9-10-28-18/h2-10,14H,1H3,(H2,20,22,25,26)/b8-7+. The van der Waals surface area contributed by atoms with E-state index in [-0.39, 0.29) is 5.15 Å². The van der Waals surface area contributed by atoms with E-state index in [1.807, 2.05) is 5.38 Å². The molecule has 0 saturated carbocycles. The molecule has 28 heavy (non-hydrogen) atoms. The van der Waals surface area contributed by atoms with Gasteiger partial charge in [0.1, 0.15) is 0 Å². The van der Waals surface area contributed by atoms with Gasteiger partial charge in [-0.2, -0.15) is 0 Å². The number of carbonyl (C=O) groups excluding carboxylic acids is 3. The van der Waals surface area contributed by atoms with Crippen molar-refractivity contribution in [1.82, 2.24) is 20.0 Å². The lowest BCUT2D eigenvalue weighted by molar-refractivity contribution is -0.151. The predicted molar refractivity (Wildman–Crippen MR) is 105 cm³/mol. The Morgan fingerprint density at radius 2 is 2.04 bits per heavy atom. The molecule has 0 saturated heterocycles. The number of fused-ring (bicyclic) bond motifs is 1. The fourth-order valence-electron chi connectivity index (χ4n) is 2.37. The van der Waals surface area contributed by atoms with Crippen LogP contribution in [0.1, 0.15) is 17.4 Å². The summed E-state index contributed by atoms with van der Waals surface area (Å²) in [5.74, 6) is -1.54. The summed E-state index contributed by atoms with van der Waals surface area (Å²) < 4.78 is 7.01. The van der Waals surface area contributed by atoms with Crippen LogP contribution in [-0.4, -0.2) is 34.3 Å². The first-order chi connectivity index (χ1) is 13.5. The minimum absolute atomic E-state index is 0.243. The van der Waals surface area contributed by atoms with E-state index in [2.05, 4.69) is 15.6 Å². The summed E-state index contributed by atoms with van der Waals surface area (Å²) in [5.41, 5.74) is 0.939. The molecule has 0 aliphatic heterocycles. The summed E-state index contributed by atoms with van der Waals surface area (Å²) >= 11 is 7.48. The van der Waals surface area contributed by atoms with Crippen molar-refractivity contribution < 1.29 is 19.1 Å². The number of ether oxygens (including phenoxy) is 1. The number of halogens is 1. The summed E-state index contributed by atoms with van der Waals surface area (Å²) in [6.07, 6.45) is 3.08. The van der Waals surface area contributed by atoms with Gasteiger partial charge >= 0.3 is 12.0 Å². The van der Waals surface area contributed by atoms with E-state index in [9.17, 15) is 14.4 Å². The van der Waals surface area contributed by atoms with E-state index in [4.69, 9.17) is 16.3 Å². The average Bonchev–Trinajstić information content (AvgIpc) is 3.25. The van der Waals surface area contributed by atoms with Crippen LogP contribution in [0.2, 0.25) is 5.15 Å². The largest absolute Gasteiger partial charge is 0.444 e. The highest BCUT2D eigenvalue weighted by molar-refractivity contribution is 7.15. The molecule has 1 atom stereocenters. The molecule has 0 radical (unpaired) electrons. The first-order valence-corrected chi connectivity index (χ1v) is 9.32. The van der Waals surface area contributed by atoms with E-state index in [1.165, 1.54) is 24.5 Å². The third-order valence-corrected chi connectivity index (χ3v) is 4.70. The lowest BCUT2D eigenvalue weighted by Crippen LogP contribution is -2.41. The number of thiazole rings is 1. The van der Waals surface area contributed by atoms with Crippen molar-refractivity contribution in [2.75, 3.05) is 7.05 Å². The molecule has 2 aromatic heterocycles. The van der Waals surface area contributed by atoms with E-state index in [0.717, 1.165) is 6.08 Å². The monoisotopic (exact) mass is 418 g/mol. The molecule has 0 spiro atoms. The van der Waals surface area contributed by atoms with Gasteiger partial charge in [0.05, 0.1) is 5.69 Å². The van der Waals surface area contributed by atoms with Crippen molar-refractivity contribution in [2.45, 2.75) is 6.10 Å². The molecule has 1 unspecified atom stereocenters. The smallest absolute Gasteiger partial charge is 0.331 e. The van der Waals surface area contributed by atoms with Gasteiger partial charge in [0.15, 0.2) is 10.1 Å². The number of imide groups is 1. The Labute approximate surface area is 168 Å². The molecule has 8 nitrogen and oxygen atoms in total. The molecule has 2 heterocycles. The Hall–Kier alpha value is -3.17. The van der Waals surface area contributed by atoms with Crippen molar-refractivity contribution in [3.8, 4) is 0 Å². The fraction of sp³-hybridized carbons (Fsp3) is 0.111. The number of hydrogen-bond donors (Lipinski definition) is 2. The average molecular weight is 419 g/mol. The van der Waals surface area contributed by atoms with E-state index < -0.39 is 24.0 Å². The SMILES string of the molecule is CNC(=O)NC(=O)C(OC(=O)/C=C/c1c(Cl)nc2sccn12)c1ccccc1. The van der Waals surface area contributed by atoms with Gasteiger partial charge in [0, 0.05) is 30.3 Å². The highest BCUT2D eigenvalue weighted by Crippen LogP contribution is 2.23. The molecule has 0 fully saturated rings. The van der Waals surface area contributed by atoms with Crippen LogP contribution in [0.3, 0.4) is 0 Å². The molecular weight excluding hydrogens is 404 g/mol. The maximum Gasteiger partial charge on any atom is 0.331 e. The lowest BCUT2D eigenvalue weighted by atomic mass is 10.1. The van der Waals surface area contributed by atoms with Crippen LogP contribution < -0.4 is 10.6 Å². The number of urea groups is 1. The van der Waals surface area contributed by atoms with E-state index >= 15 is 0 Å². The molecule has 144 valence electrons. The molecule has 3 amide bonds. The van der Waals surface area contributed by atoms with Crippen LogP contribution in [0, 0.1) is 0 Å². The fourth-order valence-corrected chi connectivity index (χ4v) is 3.37. The van der Waals surface area contributed by atoms with Crippen molar-refractivity contribution >= 4 is 51.9 Å². The number of nitrogens with one attached hydrogen (secondary N) is 2. The number of imidazole rings is 1. The number of rotatable bonds is 5. The number of carbonyl (C=O) groups is 3. The van der Waals surface area contributed by atoms with Crippen LogP contribution in [0.25, 0.3) is 11.0 Å². The normalized spacial score (nSPS) is 12.1. The van der Waals surface area contributed by atoms with Gasteiger partial charge in [-0.05, 0) is 6.08 Å². The highest BCUT2D eigenvalue weighted by Gasteiger charge is 2.25. The topological polar surface area (TPSA) is 102 Å². The second-order valence-electron chi connectivity index (χ2n) is 5.47. The quantitative estimate of drug-likeness (QED) is 0.490. The highest BCUT2D eigenvalue weighted by atomic mass is 35.5. The Bertz CT molecular complexity index is 1040. The van der Waals surface area contributed by atoms with Crippen LogP contribution in [-0.2, 0) is 14.3 Å². The molecule has 1 aromatic carbocycles. The number of nitrogens with zero attached hydrogens (tertiary/aromatic N) is 2. The number of esters is 1. The van der Waals surface area contributed by atoms with Crippen molar-refractivity contribution in [3.05, 3.63) is 64.4 Å². The van der Waals surface area contributed by atoms with Crippen LogP contribution in [0.5, 0.6) is 0 Å². The molecule has 3 aromatic rings. The van der Waals surface area contributed by atoms with Gasteiger partial charge in [-0.3, -0.25) is 14.5 Å². The van der Waals surface area contributed by atoms with Gasteiger partial charge in [-0.1, -0.05) is 41.9 Å². The Kier molecular flexibility index (Phi) is 6.07. The summed E-state index contributed by atoms with van der Waals surface area (Å²) in [6.45, 7) is 0. The first-order valence-electron chi connectivity index (χ1n) is 8.07. The predicted octanol–water partition coefficient (Wildman–Crippen LogP) is 2.80. The maximum absolute atomic E-state index is 12.4. The zero-order valence-electron chi connectivity index (χ0n) is 14.6.